The first kappa shape index (κ1) is 11.0. The molecule has 0 atom stereocenters. The van der Waals surface area contributed by atoms with Crippen molar-refractivity contribution in [1.29, 1.82) is 0 Å². The molecule has 1 aromatic rings. The summed E-state index contributed by atoms with van der Waals surface area (Å²) in [6.07, 6.45) is 0. The molecule has 0 aliphatic heterocycles. The SMILES string of the molecule is C=C(CCl)COc1ccc(F)c(F)c1. The van der Waals surface area contributed by atoms with E-state index in [1.54, 1.807) is 0 Å². The van der Waals surface area contributed by atoms with Gasteiger partial charge in [0, 0.05) is 11.9 Å². The molecule has 0 radical (unpaired) electrons. The van der Waals surface area contributed by atoms with Gasteiger partial charge in [-0.15, -0.1) is 11.6 Å². The number of hydrogen-bond acceptors (Lipinski definition) is 1. The van der Waals surface area contributed by atoms with E-state index in [4.69, 9.17) is 16.3 Å². The Morgan fingerprint density at radius 1 is 1.36 bits per heavy atom. The van der Waals surface area contributed by atoms with Crippen LogP contribution in [0.2, 0.25) is 0 Å². The average Bonchev–Trinajstić information content (AvgIpc) is 2.19. The van der Waals surface area contributed by atoms with Gasteiger partial charge in [-0.25, -0.2) is 8.78 Å². The number of benzene rings is 1. The zero-order chi connectivity index (χ0) is 10.6. The van der Waals surface area contributed by atoms with E-state index in [9.17, 15) is 8.78 Å². The van der Waals surface area contributed by atoms with Gasteiger partial charge in [-0.3, -0.25) is 0 Å². The van der Waals surface area contributed by atoms with Crippen LogP contribution in [0.4, 0.5) is 8.78 Å². The molecule has 76 valence electrons. The number of ether oxygens (including phenoxy) is 1. The Kier molecular flexibility index (Phi) is 3.89. The Morgan fingerprint density at radius 3 is 2.64 bits per heavy atom. The maximum Gasteiger partial charge on any atom is 0.162 e. The summed E-state index contributed by atoms with van der Waals surface area (Å²) in [5.41, 5.74) is 0.677. The van der Waals surface area contributed by atoms with E-state index in [1.165, 1.54) is 6.07 Å². The second kappa shape index (κ2) is 4.96. The molecule has 0 spiro atoms. The largest absolute Gasteiger partial charge is 0.489 e. The first-order valence-electron chi connectivity index (χ1n) is 3.94. The number of halogens is 3. The van der Waals surface area contributed by atoms with Crippen molar-refractivity contribution in [2.24, 2.45) is 0 Å². The van der Waals surface area contributed by atoms with E-state index in [-0.39, 0.29) is 18.2 Å². The third-order valence-corrected chi connectivity index (χ3v) is 1.90. The quantitative estimate of drug-likeness (QED) is 0.557. The van der Waals surface area contributed by atoms with Gasteiger partial charge in [0.05, 0.1) is 0 Å². The van der Waals surface area contributed by atoms with Crippen molar-refractivity contribution >= 4 is 11.6 Å². The van der Waals surface area contributed by atoms with E-state index in [0.717, 1.165) is 12.1 Å². The predicted octanol–water partition coefficient (Wildman–Crippen LogP) is 3.14. The minimum atomic E-state index is -0.931. The Labute approximate surface area is 85.9 Å². The highest BCUT2D eigenvalue weighted by atomic mass is 35.5. The highest BCUT2D eigenvalue weighted by molar-refractivity contribution is 6.19. The molecule has 0 saturated carbocycles. The van der Waals surface area contributed by atoms with Crippen molar-refractivity contribution in [2.75, 3.05) is 12.5 Å². The Bertz CT molecular complexity index is 339. The summed E-state index contributed by atoms with van der Waals surface area (Å²) in [6.45, 7) is 3.81. The van der Waals surface area contributed by atoms with Crippen LogP contribution in [0.3, 0.4) is 0 Å². The lowest BCUT2D eigenvalue weighted by atomic mass is 10.3. The maximum absolute atomic E-state index is 12.7. The van der Waals surface area contributed by atoms with Crippen molar-refractivity contribution in [3.63, 3.8) is 0 Å². The van der Waals surface area contributed by atoms with E-state index in [2.05, 4.69) is 6.58 Å². The number of hydrogen-bond donors (Lipinski definition) is 0. The minimum Gasteiger partial charge on any atom is -0.489 e. The fraction of sp³-hybridized carbons (Fsp3) is 0.200. The molecule has 14 heavy (non-hydrogen) atoms. The molecule has 1 aromatic carbocycles. The summed E-state index contributed by atoms with van der Waals surface area (Å²) in [6, 6.07) is 3.34. The third-order valence-electron chi connectivity index (χ3n) is 1.52. The predicted molar refractivity (Wildman–Crippen MR) is 51.7 cm³/mol. The summed E-state index contributed by atoms with van der Waals surface area (Å²) < 4.78 is 30.3. The molecular formula is C10H9ClF2O. The molecule has 1 rings (SSSR count). The zero-order valence-electron chi connectivity index (χ0n) is 7.40. The smallest absolute Gasteiger partial charge is 0.162 e. The van der Waals surface area contributed by atoms with Crippen LogP contribution >= 0.6 is 11.6 Å². The van der Waals surface area contributed by atoms with Gasteiger partial charge in [-0.05, 0) is 17.7 Å². The monoisotopic (exact) mass is 218 g/mol. The summed E-state index contributed by atoms with van der Waals surface area (Å²) in [5.74, 6) is -1.29. The fourth-order valence-corrected chi connectivity index (χ4v) is 0.868. The van der Waals surface area contributed by atoms with Crippen LogP contribution in [0.25, 0.3) is 0 Å². The Morgan fingerprint density at radius 2 is 2.07 bits per heavy atom. The summed E-state index contributed by atoms with van der Waals surface area (Å²) >= 11 is 5.46. The van der Waals surface area contributed by atoms with Gasteiger partial charge in [-0.1, -0.05) is 6.58 Å². The summed E-state index contributed by atoms with van der Waals surface area (Å²) in [7, 11) is 0. The van der Waals surface area contributed by atoms with Gasteiger partial charge in [-0.2, -0.15) is 0 Å². The van der Waals surface area contributed by atoms with E-state index < -0.39 is 11.6 Å². The highest BCUT2D eigenvalue weighted by Gasteiger charge is 2.03. The van der Waals surface area contributed by atoms with Gasteiger partial charge in [0.1, 0.15) is 12.4 Å². The lowest BCUT2D eigenvalue weighted by Crippen LogP contribution is -2.01. The highest BCUT2D eigenvalue weighted by Crippen LogP contribution is 2.15. The third kappa shape index (κ3) is 3.00. The molecule has 0 heterocycles. The first-order chi connectivity index (χ1) is 6.63. The first-order valence-corrected chi connectivity index (χ1v) is 4.47. The van der Waals surface area contributed by atoms with Crippen LogP contribution in [0, 0.1) is 11.6 Å². The summed E-state index contributed by atoms with van der Waals surface area (Å²) in [5, 5.41) is 0. The van der Waals surface area contributed by atoms with Crippen molar-refractivity contribution < 1.29 is 13.5 Å². The molecular weight excluding hydrogens is 210 g/mol. The standard InChI is InChI=1S/C10H9ClF2O/c1-7(5-11)6-14-8-2-3-9(12)10(13)4-8/h2-4H,1,5-6H2. The summed E-state index contributed by atoms with van der Waals surface area (Å²) in [4.78, 5) is 0. The molecule has 4 heteroatoms. The van der Waals surface area contributed by atoms with Gasteiger partial charge < -0.3 is 4.74 Å². The maximum atomic E-state index is 12.7. The second-order valence-corrected chi connectivity index (χ2v) is 3.02. The molecule has 0 aliphatic carbocycles. The van der Waals surface area contributed by atoms with Crippen LogP contribution < -0.4 is 4.74 Å². The van der Waals surface area contributed by atoms with Crippen molar-refractivity contribution in [2.45, 2.75) is 0 Å². The number of alkyl halides is 1. The van der Waals surface area contributed by atoms with E-state index >= 15 is 0 Å². The van der Waals surface area contributed by atoms with Crippen LogP contribution in [-0.4, -0.2) is 12.5 Å². The molecule has 0 aliphatic rings. The molecule has 0 fully saturated rings. The van der Waals surface area contributed by atoms with Gasteiger partial charge in [0.2, 0.25) is 0 Å². The molecule has 0 bridgehead atoms. The zero-order valence-corrected chi connectivity index (χ0v) is 8.15. The minimum absolute atomic E-state index is 0.203. The molecule has 1 nitrogen and oxygen atoms in total. The van der Waals surface area contributed by atoms with Gasteiger partial charge in [0.25, 0.3) is 0 Å². The lowest BCUT2D eigenvalue weighted by Gasteiger charge is -2.06. The normalized spacial score (nSPS) is 9.93. The fourth-order valence-electron chi connectivity index (χ4n) is 0.791. The molecule has 0 unspecified atom stereocenters. The van der Waals surface area contributed by atoms with Crippen LogP contribution in [0.5, 0.6) is 5.75 Å². The van der Waals surface area contributed by atoms with Gasteiger partial charge >= 0.3 is 0 Å². The second-order valence-electron chi connectivity index (χ2n) is 2.75. The molecule has 0 N–H and O–H groups in total. The topological polar surface area (TPSA) is 9.23 Å². The Balaban J connectivity index is 2.60. The van der Waals surface area contributed by atoms with Gasteiger partial charge in [0.15, 0.2) is 11.6 Å². The van der Waals surface area contributed by atoms with Crippen molar-refractivity contribution in [1.82, 2.24) is 0 Å². The number of rotatable bonds is 4. The average molecular weight is 219 g/mol. The van der Waals surface area contributed by atoms with Crippen LogP contribution in [-0.2, 0) is 0 Å². The molecule has 0 saturated heterocycles. The van der Waals surface area contributed by atoms with E-state index in [0.29, 0.717) is 5.57 Å². The molecule has 0 amide bonds. The van der Waals surface area contributed by atoms with E-state index in [1.807, 2.05) is 0 Å². The Hall–Kier alpha value is -1.09. The van der Waals surface area contributed by atoms with Crippen LogP contribution in [0.1, 0.15) is 0 Å². The lowest BCUT2D eigenvalue weighted by molar-refractivity contribution is 0.349. The van der Waals surface area contributed by atoms with Crippen LogP contribution in [0.15, 0.2) is 30.4 Å². The van der Waals surface area contributed by atoms with Crippen molar-refractivity contribution in [3.8, 4) is 5.75 Å². The molecule has 0 aromatic heterocycles. The van der Waals surface area contributed by atoms with Crippen molar-refractivity contribution in [3.05, 3.63) is 42.0 Å².